The molecule has 0 saturated carbocycles. The normalized spacial score (nSPS) is 12.7. The molecule has 1 unspecified atom stereocenters. The lowest BCUT2D eigenvalue weighted by atomic mass is 10.0. The Morgan fingerprint density at radius 3 is 2.70 bits per heavy atom. The van der Waals surface area contributed by atoms with Crippen molar-refractivity contribution in [1.29, 1.82) is 0 Å². The molecule has 3 N–H and O–H groups in total. The van der Waals surface area contributed by atoms with Gasteiger partial charge in [-0.2, -0.15) is 0 Å². The van der Waals surface area contributed by atoms with Crippen molar-refractivity contribution in [3.05, 3.63) is 47.0 Å². The number of nitrogens with two attached hydrogens (primary N) is 1. The molecule has 0 aliphatic heterocycles. The van der Waals surface area contributed by atoms with Crippen molar-refractivity contribution >= 4 is 0 Å². The van der Waals surface area contributed by atoms with Crippen molar-refractivity contribution in [3.8, 4) is 0 Å². The van der Waals surface area contributed by atoms with Crippen LogP contribution in [0, 0.1) is 17.5 Å². The van der Waals surface area contributed by atoms with Gasteiger partial charge >= 0.3 is 0 Å². The monoisotopic (exact) mass is 285 g/mol. The van der Waals surface area contributed by atoms with E-state index >= 15 is 0 Å². The van der Waals surface area contributed by atoms with Crippen molar-refractivity contribution in [1.82, 2.24) is 20.4 Å². The molecule has 1 heterocycles. The first-order valence-electron chi connectivity index (χ1n) is 6.08. The molecule has 0 bridgehead atoms. The Kier molecular flexibility index (Phi) is 4.35. The van der Waals surface area contributed by atoms with Crippen LogP contribution in [0.4, 0.5) is 13.2 Å². The third-order valence-corrected chi connectivity index (χ3v) is 2.92. The number of nitrogens with one attached hydrogen (secondary N) is 1. The summed E-state index contributed by atoms with van der Waals surface area (Å²) in [5.74, 6) is 1.36. The highest BCUT2D eigenvalue weighted by molar-refractivity contribution is 5.29. The van der Waals surface area contributed by atoms with Crippen LogP contribution in [-0.4, -0.2) is 15.0 Å². The topological polar surface area (TPSA) is 68.8 Å². The average molecular weight is 285 g/mol. The number of halogens is 3. The quantitative estimate of drug-likeness (QED) is 0.498. The van der Waals surface area contributed by atoms with Gasteiger partial charge < -0.3 is 0 Å². The average Bonchev–Trinajstić information content (AvgIpc) is 2.88. The predicted octanol–water partition coefficient (Wildman–Crippen LogP) is 1.66. The minimum absolute atomic E-state index is 0.106. The van der Waals surface area contributed by atoms with E-state index in [4.69, 9.17) is 5.84 Å². The van der Waals surface area contributed by atoms with E-state index in [1.807, 2.05) is 6.92 Å². The van der Waals surface area contributed by atoms with Crippen molar-refractivity contribution in [3.63, 3.8) is 0 Å². The van der Waals surface area contributed by atoms with Crippen LogP contribution in [0.25, 0.3) is 0 Å². The summed E-state index contributed by atoms with van der Waals surface area (Å²) in [6.07, 6.45) is 2.19. The molecule has 2 rings (SSSR count). The smallest absolute Gasteiger partial charge is 0.194 e. The molecule has 0 amide bonds. The third kappa shape index (κ3) is 2.52. The molecule has 1 aromatic heterocycles. The summed E-state index contributed by atoms with van der Waals surface area (Å²) in [6, 6.07) is 1.12. The highest BCUT2D eigenvalue weighted by Crippen LogP contribution is 2.25. The van der Waals surface area contributed by atoms with E-state index in [1.165, 1.54) is 10.9 Å². The second kappa shape index (κ2) is 6.02. The lowest BCUT2D eigenvalue weighted by Gasteiger charge is -2.18. The Hall–Kier alpha value is -1.93. The van der Waals surface area contributed by atoms with E-state index in [2.05, 4.69) is 15.7 Å². The van der Waals surface area contributed by atoms with Gasteiger partial charge in [-0.3, -0.25) is 5.84 Å². The highest BCUT2D eigenvalue weighted by Gasteiger charge is 2.24. The number of nitrogens with zero attached hydrogens (tertiary/aromatic N) is 3. The maximum atomic E-state index is 13.8. The van der Waals surface area contributed by atoms with Crippen LogP contribution in [0.5, 0.6) is 0 Å². The zero-order valence-corrected chi connectivity index (χ0v) is 10.8. The van der Waals surface area contributed by atoms with Gasteiger partial charge in [-0.05, 0) is 12.5 Å². The van der Waals surface area contributed by atoms with Gasteiger partial charge in [0, 0.05) is 12.1 Å². The number of rotatable bonds is 5. The standard InChI is InChI=1S/C12H14F3N5/c1-2-5-20-9(6-17-19-20)12(18-16)7-3-4-8(13)11(15)10(7)14/h3-4,6,12,18H,2,5,16H2,1H3. The fraction of sp³-hybridized carbons (Fsp3) is 0.333. The number of hydrogen-bond acceptors (Lipinski definition) is 4. The van der Waals surface area contributed by atoms with Gasteiger partial charge in [0.1, 0.15) is 0 Å². The lowest BCUT2D eigenvalue weighted by Crippen LogP contribution is -2.31. The van der Waals surface area contributed by atoms with Crippen LogP contribution in [0.2, 0.25) is 0 Å². The summed E-state index contributed by atoms with van der Waals surface area (Å²) in [5, 5.41) is 7.58. The van der Waals surface area contributed by atoms with E-state index in [0.717, 1.165) is 18.6 Å². The molecule has 0 aliphatic rings. The van der Waals surface area contributed by atoms with E-state index in [9.17, 15) is 13.2 Å². The first-order chi connectivity index (χ1) is 9.60. The summed E-state index contributed by atoms with van der Waals surface area (Å²) < 4.78 is 41.7. The SMILES string of the molecule is CCCn1nncc1C(NN)c1ccc(F)c(F)c1F. The summed E-state index contributed by atoms with van der Waals surface area (Å²) in [4.78, 5) is 0. The predicted molar refractivity (Wildman–Crippen MR) is 65.8 cm³/mol. The maximum absolute atomic E-state index is 13.8. The molecule has 0 fully saturated rings. The van der Waals surface area contributed by atoms with Crippen molar-refractivity contribution in [2.75, 3.05) is 0 Å². The van der Waals surface area contributed by atoms with Crippen LogP contribution in [0.15, 0.2) is 18.3 Å². The molecule has 108 valence electrons. The minimum atomic E-state index is -1.53. The zero-order chi connectivity index (χ0) is 14.7. The van der Waals surface area contributed by atoms with Gasteiger partial charge in [0.05, 0.1) is 17.9 Å². The molecule has 0 radical (unpaired) electrons. The molecule has 5 nitrogen and oxygen atoms in total. The van der Waals surface area contributed by atoms with Crippen LogP contribution in [0.1, 0.15) is 30.6 Å². The van der Waals surface area contributed by atoms with Gasteiger partial charge in [0.25, 0.3) is 0 Å². The molecule has 0 saturated heterocycles. The summed E-state index contributed by atoms with van der Waals surface area (Å²) in [7, 11) is 0. The van der Waals surface area contributed by atoms with Crippen molar-refractivity contribution < 1.29 is 13.2 Å². The Balaban J connectivity index is 2.47. The largest absolute Gasteiger partial charge is 0.271 e. The van der Waals surface area contributed by atoms with E-state index in [1.54, 1.807) is 0 Å². The van der Waals surface area contributed by atoms with Crippen molar-refractivity contribution in [2.24, 2.45) is 5.84 Å². The van der Waals surface area contributed by atoms with E-state index in [-0.39, 0.29) is 5.56 Å². The Bertz CT molecular complexity index is 599. The molecule has 2 aromatic rings. The van der Waals surface area contributed by atoms with Crippen molar-refractivity contribution in [2.45, 2.75) is 25.9 Å². The summed E-state index contributed by atoms with van der Waals surface area (Å²) in [5.41, 5.74) is 2.74. The van der Waals surface area contributed by atoms with E-state index < -0.39 is 23.5 Å². The second-order valence-electron chi connectivity index (χ2n) is 4.25. The molecular weight excluding hydrogens is 271 g/mol. The summed E-state index contributed by atoms with van der Waals surface area (Å²) in [6.45, 7) is 2.49. The number of hydrogen-bond donors (Lipinski definition) is 2. The van der Waals surface area contributed by atoms with Crippen LogP contribution in [-0.2, 0) is 6.54 Å². The van der Waals surface area contributed by atoms with Gasteiger partial charge in [-0.1, -0.05) is 18.2 Å². The first-order valence-corrected chi connectivity index (χ1v) is 6.08. The van der Waals surface area contributed by atoms with Crippen LogP contribution >= 0.6 is 0 Å². The Morgan fingerprint density at radius 1 is 1.30 bits per heavy atom. The van der Waals surface area contributed by atoms with E-state index in [0.29, 0.717) is 12.2 Å². The Morgan fingerprint density at radius 2 is 2.05 bits per heavy atom. The maximum Gasteiger partial charge on any atom is 0.194 e. The lowest BCUT2D eigenvalue weighted by molar-refractivity contribution is 0.428. The highest BCUT2D eigenvalue weighted by atomic mass is 19.2. The molecule has 8 heteroatoms. The van der Waals surface area contributed by atoms with Crippen LogP contribution in [0.3, 0.4) is 0 Å². The molecule has 1 aromatic carbocycles. The number of aryl methyl sites for hydroxylation is 1. The summed E-state index contributed by atoms with van der Waals surface area (Å²) >= 11 is 0. The zero-order valence-electron chi connectivity index (χ0n) is 10.8. The third-order valence-electron chi connectivity index (χ3n) is 2.92. The fourth-order valence-corrected chi connectivity index (χ4v) is 1.97. The molecule has 0 spiro atoms. The van der Waals surface area contributed by atoms with Gasteiger partial charge in [-0.15, -0.1) is 5.10 Å². The van der Waals surface area contributed by atoms with Gasteiger partial charge in [0.15, 0.2) is 17.5 Å². The second-order valence-corrected chi connectivity index (χ2v) is 4.25. The number of aromatic nitrogens is 3. The number of benzene rings is 1. The molecule has 0 aliphatic carbocycles. The van der Waals surface area contributed by atoms with Gasteiger partial charge in [0.2, 0.25) is 0 Å². The first kappa shape index (κ1) is 14.5. The molecule has 1 atom stereocenters. The minimum Gasteiger partial charge on any atom is -0.271 e. The van der Waals surface area contributed by atoms with Gasteiger partial charge in [-0.25, -0.2) is 23.3 Å². The molecule has 20 heavy (non-hydrogen) atoms. The van der Waals surface area contributed by atoms with Crippen LogP contribution < -0.4 is 11.3 Å². The Labute approximate surface area is 113 Å². The number of hydrazine groups is 1. The fourth-order valence-electron chi connectivity index (χ4n) is 1.97. The molecular formula is C12H14F3N5.